The lowest BCUT2D eigenvalue weighted by molar-refractivity contribution is -0.140. The quantitative estimate of drug-likeness (QED) is 0.724. The molecule has 0 fully saturated rings. The first-order chi connectivity index (χ1) is 9.32. The van der Waals surface area contributed by atoms with E-state index >= 15 is 0 Å². The van der Waals surface area contributed by atoms with Gasteiger partial charge < -0.3 is 15.5 Å². The van der Waals surface area contributed by atoms with Crippen LogP contribution in [0.15, 0.2) is 18.2 Å². The summed E-state index contributed by atoms with van der Waals surface area (Å²) in [5.41, 5.74) is -0.647. The second-order valence-corrected chi connectivity index (χ2v) is 3.90. The van der Waals surface area contributed by atoms with Crippen molar-refractivity contribution in [2.24, 2.45) is 0 Å². The van der Waals surface area contributed by atoms with E-state index in [0.29, 0.717) is 0 Å². The average Bonchev–Trinajstić information content (AvgIpc) is 2.36. The number of carboxylic acids is 2. The Balaban J connectivity index is 2.83. The molecule has 1 rings (SSSR count). The molecule has 0 aromatic heterocycles. The highest BCUT2D eigenvalue weighted by Gasteiger charge is 2.23. The molecule has 6 nitrogen and oxygen atoms in total. The standard InChI is InChI=1S/C12H11F2NO5/c13-7-3-1-2-6(10(7)14)11(18)15-8(12(19)20)4-5-9(16)17/h1-3,8H,4-5H2,(H,15,18)(H,16,17)(H,19,20)/t8-/m1/s1. The molecule has 1 amide bonds. The summed E-state index contributed by atoms with van der Waals surface area (Å²) in [6, 6.07) is 1.40. The van der Waals surface area contributed by atoms with Crippen LogP contribution in [0.1, 0.15) is 23.2 Å². The molecule has 0 saturated carbocycles. The van der Waals surface area contributed by atoms with Crippen molar-refractivity contribution < 1.29 is 33.4 Å². The summed E-state index contributed by atoms with van der Waals surface area (Å²) in [5.74, 6) is -6.46. The Morgan fingerprint density at radius 3 is 2.40 bits per heavy atom. The number of halogens is 2. The third kappa shape index (κ3) is 4.01. The summed E-state index contributed by atoms with van der Waals surface area (Å²) in [4.78, 5) is 32.9. The van der Waals surface area contributed by atoms with Gasteiger partial charge in [0.2, 0.25) is 0 Å². The highest BCUT2D eigenvalue weighted by Crippen LogP contribution is 2.12. The number of benzene rings is 1. The third-order valence-electron chi connectivity index (χ3n) is 2.45. The Bertz CT molecular complexity index is 547. The zero-order chi connectivity index (χ0) is 15.3. The summed E-state index contributed by atoms with van der Waals surface area (Å²) in [6.07, 6.45) is -0.851. The van der Waals surface area contributed by atoms with Gasteiger partial charge in [-0.15, -0.1) is 0 Å². The monoisotopic (exact) mass is 287 g/mol. The SMILES string of the molecule is O=C(O)CC[C@@H](NC(=O)c1cccc(F)c1F)C(=O)O. The maximum absolute atomic E-state index is 13.3. The average molecular weight is 287 g/mol. The van der Waals surface area contributed by atoms with Crippen LogP contribution in [-0.4, -0.2) is 34.1 Å². The number of carbonyl (C=O) groups is 3. The molecule has 0 bridgehead atoms. The molecule has 0 aliphatic carbocycles. The lowest BCUT2D eigenvalue weighted by Gasteiger charge is -2.13. The second-order valence-electron chi connectivity index (χ2n) is 3.90. The van der Waals surface area contributed by atoms with Crippen molar-refractivity contribution in [2.75, 3.05) is 0 Å². The Morgan fingerprint density at radius 2 is 1.85 bits per heavy atom. The molecule has 3 N–H and O–H groups in total. The largest absolute Gasteiger partial charge is 0.481 e. The zero-order valence-electron chi connectivity index (χ0n) is 10.1. The van der Waals surface area contributed by atoms with Crippen molar-refractivity contribution in [1.29, 1.82) is 0 Å². The van der Waals surface area contributed by atoms with Gasteiger partial charge in [0, 0.05) is 6.42 Å². The topological polar surface area (TPSA) is 104 Å². The van der Waals surface area contributed by atoms with Crippen LogP contribution in [0.4, 0.5) is 8.78 Å². The fraction of sp³-hybridized carbons (Fsp3) is 0.250. The van der Waals surface area contributed by atoms with Gasteiger partial charge in [-0.25, -0.2) is 13.6 Å². The van der Waals surface area contributed by atoms with E-state index in [1.807, 2.05) is 5.32 Å². The van der Waals surface area contributed by atoms with Crippen LogP contribution in [0.25, 0.3) is 0 Å². The van der Waals surface area contributed by atoms with E-state index in [1.54, 1.807) is 0 Å². The van der Waals surface area contributed by atoms with Crippen LogP contribution in [0.3, 0.4) is 0 Å². The van der Waals surface area contributed by atoms with E-state index in [-0.39, 0.29) is 6.42 Å². The van der Waals surface area contributed by atoms with Gasteiger partial charge in [0.25, 0.3) is 5.91 Å². The molecular weight excluding hydrogens is 276 g/mol. The third-order valence-corrected chi connectivity index (χ3v) is 2.45. The molecule has 1 atom stereocenters. The second kappa shape index (κ2) is 6.60. The van der Waals surface area contributed by atoms with Gasteiger partial charge in [-0.3, -0.25) is 9.59 Å². The number of carbonyl (C=O) groups excluding carboxylic acids is 1. The zero-order valence-corrected chi connectivity index (χ0v) is 10.1. The lowest BCUT2D eigenvalue weighted by atomic mass is 10.1. The minimum absolute atomic E-state index is 0.368. The van der Waals surface area contributed by atoms with E-state index < -0.39 is 47.5 Å². The highest BCUT2D eigenvalue weighted by atomic mass is 19.2. The van der Waals surface area contributed by atoms with E-state index in [9.17, 15) is 23.2 Å². The molecule has 20 heavy (non-hydrogen) atoms. The molecule has 1 aromatic carbocycles. The number of amides is 1. The van der Waals surface area contributed by atoms with E-state index in [4.69, 9.17) is 10.2 Å². The molecule has 1 aromatic rings. The summed E-state index contributed by atoms with van der Waals surface area (Å²) in [7, 11) is 0. The number of hydrogen-bond donors (Lipinski definition) is 3. The molecule has 0 saturated heterocycles. The van der Waals surface area contributed by atoms with Crippen molar-refractivity contribution in [2.45, 2.75) is 18.9 Å². The van der Waals surface area contributed by atoms with Gasteiger partial charge in [-0.05, 0) is 18.6 Å². The molecule has 108 valence electrons. The normalized spacial score (nSPS) is 11.7. The first kappa shape index (κ1) is 15.5. The lowest BCUT2D eigenvalue weighted by Crippen LogP contribution is -2.41. The molecule has 0 unspecified atom stereocenters. The molecule has 0 spiro atoms. The van der Waals surface area contributed by atoms with E-state index in [0.717, 1.165) is 18.2 Å². The van der Waals surface area contributed by atoms with Crippen molar-refractivity contribution >= 4 is 17.8 Å². The molecule has 8 heteroatoms. The van der Waals surface area contributed by atoms with Gasteiger partial charge in [-0.1, -0.05) is 6.07 Å². The van der Waals surface area contributed by atoms with Crippen LogP contribution < -0.4 is 5.32 Å². The molecule has 0 heterocycles. The molecule has 0 aliphatic heterocycles. The van der Waals surface area contributed by atoms with E-state index in [1.165, 1.54) is 0 Å². The number of nitrogens with one attached hydrogen (secondary N) is 1. The summed E-state index contributed by atoms with van der Waals surface area (Å²) in [5, 5.41) is 19.2. The van der Waals surface area contributed by atoms with Crippen LogP contribution in [0.5, 0.6) is 0 Å². The Kier molecular flexibility index (Phi) is 5.13. The number of rotatable bonds is 6. The minimum atomic E-state index is -1.50. The molecule has 0 radical (unpaired) electrons. The first-order valence-corrected chi connectivity index (χ1v) is 5.52. The predicted octanol–water partition coefficient (Wildman–Crippen LogP) is 1.01. The maximum Gasteiger partial charge on any atom is 0.326 e. The Labute approximate surface area is 112 Å². The van der Waals surface area contributed by atoms with Crippen molar-refractivity contribution in [3.63, 3.8) is 0 Å². The number of hydrogen-bond acceptors (Lipinski definition) is 3. The van der Waals surface area contributed by atoms with Crippen LogP contribution >= 0.6 is 0 Å². The minimum Gasteiger partial charge on any atom is -0.481 e. The Morgan fingerprint density at radius 1 is 1.20 bits per heavy atom. The van der Waals surface area contributed by atoms with Gasteiger partial charge in [0.15, 0.2) is 11.6 Å². The molecule has 0 aliphatic rings. The highest BCUT2D eigenvalue weighted by molar-refractivity contribution is 5.96. The fourth-order valence-corrected chi connectivity index (χ4v) is 1.44. The van der Waals surface area contributed by atoms with Gasteiger partial charge in [-0.2, -0.15) is 0 Å². The van der Waals surface area contributed by atoms with Gasteiger partial charge >= 0.3 is 11.9 Å². The van der Waals surface area contributed by atoms with Crippen molar-refractivity contribution in [1.82, 2.24) is 5.32 Å². The van der Waals surface area contributed by atoms with Gasteiger partial charge in [0.1, 0.15) is 6.04 Å². The smallest absolute Gasteiger partial charge is 0.326 e. The van der Waals surface area contributed by atoms with Gasteiger partial charge in [0.05, 0.1) is 5.56 Å². The predicted molar refractivity (Wildman–Crippen MR) is 62.1 cm³/mol. The Hall–Kier alpha value is -2.51. The van der Waals surface area contributed by atoms with E-state index in [2.05, 4.69) is 0 Å². The molecular formula is C12H11F2NO5. The first-order valence-electron chi connectivity index (χ1n) is 5.52. The van der Waals surface area contributed by atoms with Crippen molar-refractivity contribution in [3.8, 4) is 0 Å². The fourth-order valence-electron chi connectivity index (χ4n) is 1.44. The van der Waals surface area contributed by atoms with Crippen molar-refractivity contribution in [3.05, 3.63) is 35.4 Å². The number of carboxylic acid groups (broad SMARTS) is 2. The van der Waals surface area contributed by atoms with Crippen LogP contribution in [0.2, 0.25) is 0 Å². The number of aliphatic carboxylic acids is 2. The summed E-state index contributed by atoms with van der Waals surface area (Å²) in [6.45, 7) is 0. The van der Waals surface area contributed by atoms with Crippen LogP contribution in [0, 0.1) is 11.6 Å². The maximum atomic E-state index is 13.3. The van der Waals surface area contributed by atoms with Crippen LogP contribution in [-0.2, 0) is 9.59 Å². The summed E-state index contributed by atoms with van der Waals surface area (Å²) >= 11 is 0. The summed E-state index contributed by atoms with van der Waals surface area (Å²) < 4.78 is 26.3.